The fraction of sp³-hybridized carbons (Fsp3) is 0.0714. The highest BCUT2D eigenvalue weighted by Crippen LogP contribution is 2.23. The first-order chi connectivity index (χ1) is 8.36. The molecule has 1 aliphatic heterocycles. The van der Waals surface area contributed by atoms with Crippen LogP contribution in [0.1, 0.15) is 11.1 Å². The van der Waals surface area contributed by atoms with E-state index >= 15 is 0 Å². The smallest absolute Gasteiger partial charge is 0.132 e. The SMILES string of the molecule is Fc1ccccc1C1=NCNc2cc[c]cc21. The van der Waals surface area contributed by atoms with Gasteiger partial charge in [-0.1, -0.05) is 18.2 Å². The van der Waals surface area contributed by atoms with Crippen LogP contribution in [0.25, 0.3) is 0 Å². The number of aliphatic imine (C=N–C) groups is 1. The molecule has 2 aromatic carbocycles. The first-order valence-corrected chi connectivity index (χ1v) is 5.40. The lowest BCUT2D eigenvalue weighted by atomic mass is 9.99. The largest absolute Gasteiger partial charge is 0.366 e. The number of nitrogens with zero attached hydrogens (tertiary/aromatic N) is 1. The van der Waals surface area contributed by atoms with Gasteiger partial charge in [0.2, 0.25) is 0 Å². The number of hydrogen-bond donors (Lipinski definition) is 1. The molecule has 1 radical (unpaired) electrons. The van der Waals surface area contributed by atoms with Gasteiger partial charge in [-0.3, -0.25) is 4.99 Å². The zero-order valence-electron chi connectivity index (χ0n) is 9.07. The molecule has 83 valence electrons. The van der Waals surface area contributed by atoms with Gasteiger partial charge in [-0.25, -0.2) is 4.39 Å². The summed E-state index contributed by atoms with van der Waals surface area (Å²) in [5.41, 5.74) is 3.09. The van der Waals surface area contributed by atoms with E-state index in [1.54, 1.807) is 12.1 Å². The molecular weight excluding hydrogens is 215 g/mol. The monoisotopic (exact) mass is 225 g/mol. The van der Waals surface area contributed by atoms with E-state index in [0.717, 1.165) is 11.3 Å². The first-order valence-electron chi connectivity index (χ1n) is 5.40. The standard InChI is InChI=1S/C14H10FN2/c15-12-7-3-1-5-10(12)14-11-6-2-4-8-13(11)16-9-17-14/h1,3-8,16H,9H2. The van der Waals surface area contributed by atoms with Crippen LogP contribution in [-0.4, -0.2) is 12.4 Å². The molecule has 0 saturated heterocycles. The molecule has 0 unspecified atom stereocenters. The van der Waals surface area contributed by atoms with Gasteiger partial charge in [0.05, 0.1) is 5.71 Å². The Labute approximate surface area is 98.8 Å². The van der Waals surface area contributed by atoms with E-state index in [4.69, 9.17) is 0 Å². The lowest BCUT2D eigenvalue weighted by Gasteiger charge is -2.18. The molecular formula is C14H10FN2. The molecule has 1 heterocycles. The summed E-state index contributed by atoms with van der Waals surface area (Å²) in [6.45, 7) is 0.473. The highest BCUT2D eigenvalue weighted by atomic mass is 19.1. The van der Waals surface area contributed by atoms with Crippen LogP contribution in [-0.2, 0) is 0 Å². The van der Waals surface area contributed by atoms with Crippen LogP contribution in [0.3, 0.4) is 0 Å². The Morgan fingerprint density at radius 2 is 2.06 bits per heavy atom. The Morgan fingerprint density at radius 1 is 1.18 bits per heavy atom. The minimum Gasteiger partial charge on any atom is -0.366 e. The molecule has 0 amide bonds. The minimum absolute atomic E-state index is 0.247. The summed E-state index contributed by atoms with van der Waals surface area (Å²) in [6, 6.07) is 15.3. The fourth-order valence-corrected chi connectivity index (χ4v) is 1.95. The van der Waals surface area contributed by atoms with Gasteiger partial charge in [-0.05, 0) is 30.3 Å². The van der Waals surface area contributed by atoms with Crippen molar-refractivity contribution in [3.05, 3.63) is 65.5 Å². The summed E-state index contributed by atoms with van der Waals surface area (Å²) in [7, 11) is 0. The third kappa shape index (κ3) is 1.69. The van der Waals surface area contributed by atoms with E-state index in [2.05, 4.69) is 16.4 Å². The Hall–Kier alpha value is -2.16. The number of halogens is 1. The molecule has 17 heavy (non-hydrogen) atoms. The van der Waals surface area contributed by atoms with Crippen molar-refractivity contribution in [3.63, 3.8) is 0 Å². The van der Waals surface area contributed by atoms with Gasteiger partial charge in [-0.2, -0.15) is 0 Å². The van der Waals surface area contributed by atoms with Crippen LogP contribution in [0.4, 0.5) is 10.1 Å². The van der Waals surface area contributed by atoms with Crippen molar-refractivity contribution >= 4 is 11.4 Å². The van der Waals surface area contributed by atoms with Crippen LogP contribution < -0.4 is 5.32 Å². The summed E-state index contributed by atoms with van der Waals surface area (Å²) in [5, 5.41) is 3.15. The minimum atomic E-state index is -0.247. The van der Waals surface area contributed by atoms with E-state index in [0.29, 0.717) is 17.9 Å². The topological polar surface area (TPSA) is 24.4 Å². The Bertz CT molecular complexity index is 590. The van der Waals surface area contributed by atoms with Crippen molar-refractivity contribution in [2.24, 2.45) is 4.99 Å². The van der Waals surface area contributed by atoms with E-state index in [1.807, 2.05) is 24.3 Å². The predicted molar refractivity (Wildman–Crippen MR) is 65.8 cm³/mol. The fourth-order valence-electron chi connectivity index (χ4n) is 1.95. The van der Waals surface area contributed by atoms with Crippen molar-refractivity contribution in [2.45, 2.75) is 0 Å². The molecule has 0 spiro atoms. The number of nitrogens with one attached hydrogen (secondary N) is 1. The average Bonchev–Trinajstić information content (AvgIpc) is 2.39. The number of anilines is 1. The summed E-state index contributed by atoms with van der Waals surface area (Å²) >= 11 is 0. The van der Waals surface area contributed by atoms with Gasteiger partial charge in [-0.15, -0.1) is 0 Å². The van der Waals surface area contributed by atoms with Crippen molar-refractivity contribution in [3.8, 4) is 0 Å². The molecule has 0 saturated carbocycles. The maximum Gasteiger partial charge on any atom is 0.132 e. The van der Waals surface area contributed by atoms with E-state index in [-0.39, 0.29) is 5.82 Å². The van der Waals surface area contributed by atoms with E-state index in [9.17, 15) is 4.39 Å². The predicted octanol–water partition coefficient (Wildman–Crippen LogP) is 2.85. The van der Waals surface area contributed by atoms with Gasteiger partial charge in [0, 0.05) is 16.8 Å². The van der Waals surface area contributed by atoms with Crippen molar-refractivity contribution < 1.29 is 4.39 Å². The van der Waals surface area contributed by atoms with Crippen LogP contribution in [0.15, 0.2) is 47.5 Å². The molecule has 0 fully saturated rings. The molecule has 1 N–H and O–H groups in total. The van der Waals surface area contributed by atoms with Crippen molar-refractivity contribution in [1.82, 2.24) is 0 Å². The Kier molecular flexibility index (Phi) is 2.37. The molecule has 2 aromatic rings. The van der Waals surface area contributed by atoms with Crippen molar-refractivity contribution in [2.75, 3.05) is 12.0 Å². The summed E-state index contributed by atoms with van der Waals surface area (Å²) in [5.74, 6) is -0.247. The van der Waals surface area contributed by atoms with Crippen LogP contribution in [0, 0.1) is 11.9 Å². The van der Waals surface area contributed by atoms with Gasteiger partial charge in [0.1, 0.15) is 12.5 Å². The molecule has 0 aliphatic carbocycles. The van der Waals surface area contributed by atoms with Gasteiger partial charge < -0.3 is 5.32 Å². The van der Waals surface area contributed by atoms with Crippen LogP contribution >= 0.6 is 0 Å². The second kappa shape index (κ2) is 4.01. The zero-order valence-corrected chi connectivity index (χ0v) is 9.07. The molecule has 0 atom stereocenters. The molecule has 2 nitrogen and oxygen atoms in total. The third-order valence-corrected chi connectivity index (χ3v) is 2.75. The van der Waals surface area contributed by atoms with E-state index < -0.39 is 0 Å². The second-order valence-corrected chi connectivity index (χ2v) is 3.79. The third-order valence-electron chi connectivity index (χ3n) is 2.75. The highest BCUT2D eigenvalue weighted by Gasteiger charge is 2.17. The molecule has 3 heteroatoms. The highest BCUT2D eigenvalue weighted by molar-refractivity contribution is 6.16. The quantitative estimate of drug-likeness (QED) is 0.793. The lowest BCUT2D eigenvalue weighted by molar-refractivity contribution is 0.625. The van der Waals surface area contributed by atoms with Gasteiger partial charge in [0.25, 0.3) is 0 Å². The maximum atomic E-state index is 13.8. The molecule has 1 aliphatic rings. The summed E-state index contributed by atoms with van der Waals surface area (Å²) in [4.78, 5) is 4.35. The molecule has 0 bridgehead atoms. The van der Waals surface area contributed by atoms with Crippen LogP contribution in [0.5, 0.6) is 0 Å². The van der Waals surface area contributed by atoms with Gasteiger partial charge >= 0.3 is 0 Å². The van der Waals surface area contributed by atoms with Crippen molar-refractivity contribution in [1.29, 1.82) is 0 Å². The first kappa shape index (κ1) is 10.0. The number of hydrogen-bond acceptors (Lipinski definition) is 2. The Balaban J connectivity index is 2.17. The average molecular weight is 225 g/mol. The van der Waals surface area contributed by atoms with Crippen LogP contribution in [0.2, 0.25) is 0 Å². The van der Waals surface area contributed by atoms with Gasteiger partial charge in [0.15, 0.2) is 0 Å². The second-order valence-electron chi connectivity index (χ2n) is 3.79. The molecule has 0 aromatic heterocycles. The number of benzene rings is 2. The maximum absolute atomic E-state index is 13.8. The summed E-state index contributed by atoms with van der Waals surface area (Å²) < 4.78 is 13.8. The lowest BCUT2D eigenvalue weighted by Crippen LogP contribution is -2.17. The normalized spacial score (nSPS) is 13.6. The zero-order chi connectivity index (χ0) is 11.7. The Morgan fingerprint density at radius 3 is 2.94 bits per heavy atom. The summed E-state index contributed by atoms with van der Waals surface area (Å²) in [6.07, 6.45) is 0. The van der Waals surface area contributed by atoms with E-state index in [1.165, 1.54) is 6.07 Å². The number of rotatable bonds is 1. The molecule has 3 rings (SSSR count). The number of fused-ring (bicyclic) bond motifs is 1.